The van der Waals surface area contributed by atoms with Crippen LogP contribution in [0.15, 0.2) is 120 Å². The lowest BCUT2D eigenvalue weighted by Crippen LogP contribution is -2.01. The van der Waals surface area contributed by atoms with Gasteiger partial charge in [0.05, 0.1) is 6.57 Å². The Labute approximate surface area is 240 Å². The van der Waals surface area contributed by atoms with Gasteiger partial charge in [-0.15, -0.1) is 22.7 Å². The number of hydrogen-bond acceptors (Lipinski definition) is 5. The van der Waals surface area contributed by atoms with E-state index < -0.39 is 0 Å². The van der Waals surface area contributed by atoms with Gasteiger partial charge in [0.15, 0.2) is 5.78 Å². The molecule has 0 spiro atoms. The van der Waals surface area contributed by atoms with Crippen LogP contribution in [0.5, 0.6) is 0 Å². The fraction of sp³-hybridized carbons (Fsp3) is 0. The molecule has 0 saturated heterocycles. The Balaban J connectivity index is 1.32. The molecule has 0 bridgehead atoms. The molecule has 0 unspecified atom stereocenters. The monoisotopic (exact) mass is 552 g/mol. The molecule has 4 nitrogen and oxygen atoms in total. The van der Waals surface area contributed by atoms with E-state index in [-0.39, 0.29) is 22.8 Å². The lowest BCUT2D eigenvalue weighted by Gasteiger charge is -2.01. The minimum Gasteiger partial charge on any atom is -0.302 e. The molecule has 0 aliphatic carbocycles. The number of rotatable bonds is 8. The van der Waals surface area contributed by atoms with Crippen LogP contribution in [0.2, 0.25) is 0 Å². The predicted molar refractivity (Wildman–Crippen MR) is 163 cm³/mol. The molecule has 0 N–H and O–H groups in total. The number of ketones is 2. The fourth-order valence-electron chi connectivity index (χ4n) is 4.01. The van der Waals surface area contributed by atoms with E-state index >= 15 is 0 Å². The van der Waals surface area contributed by atoms with Crippen LogP contribution < -0.4 is 0 Å². The van der Waals surface area contributed by atoms with Crippen LogP contribution in [0.1, 0.15) is 31.2 Å². The van der Waals surface area contributed by atoms with Crippen molar-refractivity contribution in [3.05, 3.63) is 153 Å². The topological polar surface area (TPSA) is 62.3 Å². The van der Waals surface area contributed by atoms with E-state index in [0.29, 0.717) is 11.1 Å². The molecule has 0 aliphatic rings. The first-order valence-electron chi connectivity index (χ1n) is 12.3. The summed E-state index contributed by atoms with van der Waals surface area (Å²) in [4.78, 5) is 32.9. The number of carbonyl (C=O) groups excluding carboxylic acids is 2. The number of nitrogens with zero attached hydrogens (tertiary/aromatic N) is 2. The first kappa shape index (κ1) is 26.5. The van der Waals surface area contributed by atoms with Crippen molar-refractivity contribution < 1.29 is 9.59 Å². The van der Waals surface area contributed by atoms with Crippen molar-refractivity contribution in [3.8, 4) is 26.3 Å². The maximum Gasteiger partial charge on any atom is 0.235 e. The Hall–Kier alpha value is -5.14. The summed E-state index contributed by atoms with van der Waals surface area (Å²) in [5.74, 6) is -0.582. The SMILES string of the molecule is [C-]#[N+]/C(=C\c1ccc(-c2ccc(-c3ccc(/C=C(\C#N)C(=O)c4ccccc4)cc3)s2)s1)C(=O)c1ccccc1. The highest BCUT2D eigenvalue weighted by Gasteiger charge is 2.14. The van der Waals surface area contributed by atoms with Gasteiger partial charge in [0.25, 0.3) is 0 Å². The first-order valence-corrected chi connectivity index (χ1v) is 13.9. The van der Waals surface area contributed by atoms with Gasteiger partial charge >= 0.3 is 0 Å². The zero-order chi connectivity index (χ0) is 27.9. The van der Waals surface area contributed by atoms with E-state index in [4.69, 9.17) is 6.57 Å². The summed E-state index contributed by atoms with van der Waals surface area (Å²) in [6.45, 7) is 7.49. The highest BCUT2D eigenvalue weighted by Crippen LogP contribution is 2.38. The lowest BCUT2D eigenvalue weighted by atomic mass is 10.0. The van der Waals surface area contributed by atoms with E-state index in [0.717, 1.165) is 30.6 Å². The van der Waals surface area contributed by atoms with E-state index in [1.54, 1.807) is 72.0 Å². The molecule has 6 heteroatoms. The summed E-state index contributed by atoms with van der Waals surface area (Å²) >= 11 is 3.18. The van der Waals surface area contributed by atoms with Crippen LogP contribution >= 0.6 is 22.7 Å². The number of carbonyl (C=O) groups is 2. The highest BCUT2D eigenvalue weighted by molar-refractivity contribution is 7.24. The largest absolute Gasteiger partial charge is 0.302 e. The predicted octanol–water partition coefficient (Wildman–Crippen LogP) is 9.08. The molecule has 190 valence electrons. The standard InChI is InChI=1S/C34H20N2O2S2/c1-36-29(34(38)26-10-6-3-7-11-26)21-28-16-17-31(39-28)32-19-18-30(40-32)24-14-12-23(13-15-24)20-27(22-35)33(37)25-8-4-2-5-9-25/h2-21H/b27-20+,29-21-. The van der Waals surface area contributed by atoms with E-state index in [1.165, 1.54) is 11.3 Å². The Morgan fingerprint density at radius 1 is 0.675 bits per heavy atom. The Morgan fingerprint density at radius 3 is 1.88 bits per heavy atom. The molecule has 3 aromatic carbocycles. The number of benzene rings is 3. The molecular weight excluding hydrogens is 533 g/mol. The average Bonchev–Trinajstić information content (AvgIpc) is 3.69. The van der Waals surface area contributed by atoms with Gasteiger partial charge in [-0.05, 0) is 47.5 Å². The molecule has 0 fully saturated rings. The molecule has 5 rings (SSSR count). The minimum absolute atomic E-state index is 0.0885. The lowest BCUT2D eigenvalue weighted by molar-refractivity contribution is 0.103. The zero-order valence-corrected chi connectivity index (χ0v) is 22.7. The van der Waals surface area contributed by atoms with Crippen LogP contribution in [-0.2, 0) is 0 Å². The maximum absolute atomic E-state index is 12.7. The molecule has 0 saturated carbocycles. The molecule has 40 heavy (non-hydrogen) atoms. The third-order valence-corrected chi connectivity index (χ3v) is 8.41. The molecule has 0 radical (unpaired) electrons. The number of thiophene rings is 2. The van der Waals surface area contributed by atoms with Gasteiger partial charge in [0.1, 0.15) is 11.6 Å². The zero-order valence-electron chi connectivity index (χ0n) is 21.1. The second-order valence-electron chi connectivity index (χ2n) is 8.69. The quantitative estimate of drug-likeness (QED) is 0.0835. The van der Waals surface area contributed by atoms with Crippen LogP contribution in [-0.4, -0.2) is 11.6 Å². The molecular formula is C34H20N2O2S2. The van der Waals surface area contributed by atoms with Crippen molar-refractivity contribution in [2.45, 2.75) is 0 Å². The van der Waals surface area contributed by atoms with Gasteiger partial charge in [-0.25, -0.2) is 4.85 Å². The van der Waals surface area contributed by atoms with Gasteiger partial charge < -0.3 is 4.79 Å². The third-order valence-electron chi connectivity index (χ3n) is 6.05. The second kappa shape index (κ2) is 12.1. The van der Waals surface area contributed by atoms with Crippen LogP contribution in [0.3, 0.4) is 0 Å². The van der Waals surface area contributed by atoms with Gasteiger partial charge in [-0.1, -0.05) is 84.9 Å². The van der Waals surface area contributed by atoms with Gasteiger partial charge in [-0.2, -0.15) is 5.26 Å². The Kier molecular flexibility index (Phi) is 8.04. The van der Waals surface area contributed by atoms with Crippen molar-refractivity contribution in [1.29, 1.82) is 5.26 Å². The molecule has 5 aromatic rings. The summed E-state index contributed by atoms with van der Waals surface area (Å²) in [6.07, 6.45) is 3.26. The number of allylic oxidation sites excluding steroid dienone is 2. The van der Waals surface area contributed by atoms with Crippen molar-refractivity contribution in [3.63, 3.8) is 0 Å². The number of nitriles is 1. The maximum atomic E-state index is 12.7. The van der Waals surface area contributed by atoms with Crippen molar-refractivity contribution in [1.82, 2.24) is 0 Å². The summed E-state index contributed by atoms with van der Waals surface area (Å²) < 4.78 is 0. The van der Waals surface area contributed by atoms with Crippen LogP contribution in [0, 0.1) is 17.9 Å². The van der Waals surface area contributed by atoms with E-state index in [9.17, 15) is 14.9 Å². The van der Waals surface area contributed by atoms with Crippen molar-refractivity contribution >= 4 is 46.4 Å². The van der Waals surface area contributed by atoms with Crippen LogP contribution in [0.25, 0.3) is 37.2 Å². The minimum atomic E-state index is -0.298. The number of hydrogen-bond donors (Lipinski definition) is 0. The number of Topliss-reactive ketones (excluding diaryl/α,β-unsaturated/α-hetero) is 2. The average molecular weight is 553 g/mol. The highest BCUT2D eigenvalue weighted by atomic mass is 32.1. The first-order chi connectivity index (χ1) is 19.6. The summed E-state index contributed by atoms with van der Waals surface area (Å²) in [5.41, 5.74) is 2.96. The van der Waals surface area contributed by atoms with Crippen molar-refractivity contribution in [2.24, 2.45) is 0 Å². The molecule has 0 atom stereocenters. The van der Waals surface area contributed by atoms with Crippen LogP contribution in [0.4, 0.5) is 0 Å². The molecule has 0 aliphatic heterocycles. The molecule has 2 aromatic heterocycles. The third kappa shape index (κ3) is 5.95. The van der Waals surface area contributed by atoms with Gasteiger partial charge in [-0.3, -0.25) is 4.79 Å². The normalized spacial score (nSPS) is 11.4. The second-order valence-corrected chi connectivity index (χ2v) is 10.9. The smallest absolute Gasteiger partial charge is 0.235 e. The molecule has 2 heterocycles. The summed E-state index contributed by atoms with van der Waals surface area (Å²) in [5, 5.41) is 9.53. The summed E-state index contributed by atoms with van der Waals surface area (Å²) in [6, 6.07) is 35.4. The van der Waals surface area contributed by atoms with Gasteiger partial charge in [0, 0.05) is 30.6 Å². The summed E-state index contributed by atoms with van der Waals surface area (Å²) in [7, 11) is 0. The van der Waals surface area contributed by atoms with Gasteiger partial charge in [0.2, 0.25) is 11.5 Å². The van der Waals surface area contributed by atoms with E-state index in [2.05, 4.69) is 17.0 Å². The van der Waals surface area contributed by atoms with Crippen molar-refractivity contribution in [2.75, 3.05) is 0 Å². The molecule has 0 amide bonds. The Bertz CT molecular complexity index is 1830. The van der Waals surface area contributed by atoms with E-state index in [1.807, 2.05) is 54.6 Å². The Morgan fingerprint density at radius 2 is 1.25 bits per heavy atom. The fourth-order valence-corrected chi connectivity index (χ4v) is 6.06.